The van der Waals surface area contributed by atoms with Crippen molar-refractivity contribution in [3.63, 3.8) is 0 Å². The number of rotatable bonds is 5. The lowest BCUT2D eigenvalue weighted by molar-refractivity contribution is 0.0695. The van der Waals surface area contributed by atoms with Gasteiger partial charge in [-0.3, -0.25) is 0 Å². The number of aryl methyl sites for hydroxylation is 1. The molecule has 0 saturated heterocycles. The number of carboxylic acid groups (broad SMARTS) is 1. The summed E-state index contributed by atoms with van der Waals surface area (Å²) >= 11 is 0. The smallest absolute Gasteiger partial charge is 0.339 e. The van der Waals surface area contributed by atoms with Crippen molar-refractivity contribution in [1.82, 2.24) is 9.97 Å². The Morgan fingerprint density at radius 3 is 2.64 bits per heavy atom. The van der Waals surface area contributed by atoms with Crippen molar-refractivity contribution < 1.29 is 14.6 Å². The molecule has 0 amide bonds. The summed E-state index contributed by atoms with van der Waals surface area (Å²) in [5.41, 5.74) is 1.27. The predicted molar refractivity (Wildman–Crippen MR) is 79.5 cm³/mol. The van der Waals surface area contributed by atoms with Gasteiger partial charge in [-0.2, -0.15) is 5.26 Å². The molecule has 112 valence electrons. The second-order valence-corrected chi connectivity index (χ2v) is 4.81. The first-order valence-corrected chi connectivity index (χ1v) is 6.72. The highest BCUT2D eigenvalue weighted by Crippen LogP contribution is 2.21. The molecule has 1 N–H and O–H groups in total. The van der Waals surface area contributed by atoms with Crippen LogP contribution in [0.25, 0.3) is 11.4 Å². The maximum Gasteiger partial charge on any atom is 0.339 e. The van der Waals surface area contributed by atoms with Gasteiger partial charge in [0.2, 0.25) is 0 Å². The van der Waals surface area contributed by atoms with Gasteiger partial charge in [-0.05, 0) is 38.1 Å². The average Bonchev–Trinajstić information content (AvgIpc) is 2.47. The van der Waals surface area contributed by atoms with Crippen molar-refractivity contribution in [3.05, 3.63) is 41.7 Å². The van der Waals surface area contributed by atoms with Crippen molar-refractivity contribution in [1.29, 1.82) is 5.26 Å². The Kier molecular flexibility index (Phi) is 4.69. The van der Waals surface area contributed by atoms with Crippen LogP contribution in [0.3, 0.4) is 0 Å². The predicted octanol–water partition coefficient (Wildman–Crippen LogP) is 2.83. The molecule has 0 aliphatic rings. The van der Waals surface area contributed by atoms with Crippen LogP contribution >= 0.6 is 0 Å². The third-order valence-electron chi connectivity index (χ3n) is 3.04. The van der Waals surface area contributed by atoms with Crippen LogP contribution in [0.5, 0.6) is 5.75 Å². The zero-order valence-electron chi connectivity index (χ0n) is 12.3. The molecular formula is C16H15N3O3. The molecule has 0 bridgehead atoms. The molecule has 1 aromatic heterocycles. The van der Waals surface area contributed by atoms with Gasteiger partial charge in [-0.1, -0.05) is 0 Å². The highest BCUT2D eigenvalue weighted by molar-refractivity contribution is 5.88. The fourth-order valence-corrected chi connectivity index (χ4v) is 1.90. The molecule has 0 aliphatic carbocycles. The summed E-state index contributed by atoms with van der Waals surface area (Å²) < 4.78 is 5.58. The minimum absolute atomic E-state index is 0.0917. The number of aromatic nitrogens is 2. The number of nitriles is 1. The highest BCUT2D eigenvalue weighted by Gasteiger charge is 2.11. The summed E-state index contributed by atoms with van der Waals surface area (Å²) in [6, 6.07) is 9.18. The fraction of sp³-hybridized carbons (Fsp3) is 0.250. The van der Waals surface area contributed by atoms with Gasteiger partial charge in [0, 0.05) is 11.8 Å². The number of nitrogens with zero attached hydrogens (tertiary/aromatic N) is 3. The minimum Gasteiger partial charge on any atom is -0.490 e. The van der Waals surface area contributed by atoms with Crippen LogP contribution < -0.4 is 4.74 Å². The van der Waals surface area contributed by atoms with Crippen LogP contribution in [0.15, 0.2) is 30.5 Å². The first kappa shape index (κ1) is 15.4. The molecule has 1 aromatic carbocycles. The van der Waals surface area contributed by atoms with E-state index in [1.807, 2.05) is 6.92 Å². The molecule has 0 saturated carbocycles. The molecule has 0 fully saturated rings. The Balaban J connectivity index is 2.19. The molecule has 1 heterocycles. The van der Waals surface area contributed by atoms with Crippen molar-refractivity contribution in [2.45, 2.75) is 26.4 Å². The van der Waals surface area contributed by atoms with Gasteiger partial charge in [0.1, 0.15) is 11.9 Å². The number of hydrogen-bond acceptors (Lipinski definition) is 5. The Labute approximate surface area is 128 Å². The van der Waals surface area contributed by atoms with Crippen LogP contribution in [0.4, 0.5) is 0 Å². The van der Waals surface area contributed by atoms with E-state index < -0.39 is 5.97 Å². The number of aromatic carboxylic acids is 1. The normalized spacial score (nSPS) is 11.5. The second-order valence-electron chi connectivity index (χ2n) is 4.81. The maximum absolute atomic E-state index is 11.0. The van der Waals surface area contributed by atoms with Crippen LogP contribution in [-0.2, 0) is 0 Å². The van der Waals surface area contributed by atoms with Gasteiger partial charge < -0.3 is 9.84 Å². The Morgan fingerprint density at radius 2 is 2.09 bits per heavy atom. The zero-order valence-corrected chi connectivity index (χ0v) is 12.3. The molecule has 6 nitrogen and oxygen atoms in total. The Hall–Kier alpha value is -2.94. The fourth-order valence-electron chi connectivity index (χ4n) is 1.90. The van der Waals surface area contributed by atoms with E-state index >= 15 is 0 Å². The van der Waals surface area contributed by atoms with Crippen LogP contribution in [0.1, 0.15) is 29.4 Å². The molecule has 6 heteroatoms. The highest BCUT2D eigenvalue weighted by atomic mass is 16.5. The average molecular weight is 297 g/mol. The van der Waals surface area contributed by atoms with E-state index in [9.17, 15) is 4.79 Å². The standard InChI is InChI=1S/C16H15N3O3/c1-10(7-8-17)22-13-5-3-12(4-6-13)15-18-9-14(16(20)21)11(2)19-15/h3-6,9-10H,7H2,1-2H3,(H,20,21). The molecule has 1 unspecified atom stereocenters. The monoisotopic (exact) mass is 297 g/mol. The summed E-state index contributed by atoms with van der Waals surface area (Å²) in [6.07, 6.45) is 1.45. The van der Waals surface area contributed by atoms with E-state index in [1.165, 1.54) is 6.20 Å². The molecule has 0 radical (unpaired) electrons. The van der Waals surface area contributed by atoms with Gasteiger partial charge in [0.05, 0.1) is 23.7 Å². The number of carbonyl (C=O) groups is 1. The number of benzene rings is 1. The summed E-state index contributed by atoms with van der Waals surface area (Å²) in [5.74, 6) is 0.0729. The van der Waals surface area contributed by atoms with Gasteiger partial charge in [0.25, 0.3) is 0 Å². The summed E-state index contributed by atoms with van der Waals surface area (Å²) in [6.45, 7) is 3.46. The van der Waals surface area contributed by atoms with E-state index in [4.69, 9.17) is 15.1 Å². The molecular weight excluding hydrogens is 282 g/mol. The maximum atomic E-state index is 11.0. The Bertz CT molecular complexity index is 720. The van der Waals surface area contributed by atoms with Gasteiger partial charge in [-0.25, -0.2) is 14.8 Å². The molecule has 1 atom stereocenters. The first-order chi connectivity index (χ1) is 10.5. The van der Waals surface area contributed by atoms with Crippen LogP contribution in [-0.4, -0.2) is 27.1 Å². The minimum atomic E-state index is -1.04. The van der Waals surface area contributed by atoms with Crippen molar-refractivity contribution >= 4 is 5.97 Å². The van der Waals surface area contributed by atoms with Crippen molar-refractivity contribution in [2.24, 2.45) is 0 Å². The van der Waals surface area contributed by atoms with E-state index in [0.29, 0.717) is 23.7 Å². The first-order valence-electron chi connectivity index (χ1n) is 6.72. The number of hydrogen-bond donors (Lipinski definition) is 1. The summed E-state index contributed by atoms with van der Waals surface area (Å²) in [7, 11) is 0. The summed E-state index contributed by atoms with van der Waals surface area (Å²) in [4.78, 5) is 19.2. The lowest BCUT2D eigenvalue weighted by Gasteiger charge is -2.11. The quantitative estimate of drug-likeness (QED) is 0.911. The van der Waals surface area contributed by atoms with Crippen molar-refractivity contribution in [2.75, 3.05) is 0 Å². The molecule has 2 aromatic rings. The van der Waals surface area contributed by atoms with E-state index in [0.717, 1.165) is 5.56 Å². The SMILES string of the molecule is Cc1nc(-c2ccc(OC(C)CC#N)cc2)ncc1C(=O)O. The van der Waals surface area contributed by atoms with Gasteiger partial charge in [0.15, 0.2) is 5.82 Å². The van der Waals surface area contributed by atoms with E-state index in [-0.39, 0.29) is 11.7 Å². The summed E-state index contributed by atoms with van der Waals surface area (Å²) in [5, 5.41) is 17.6. The van der Waals surface area contributed by atoms with Crippen LogP contribution in [0.2, 0.25) is 0 Å². The van der Waals surface area contributed by atoms with E-state index in [2.05, 4.69) is 16.0 Å². The Morgan fingerprint density at radius 1 is 1.41 bits per heavy atom. The van der Waals surface area contributed by atoms with Gasteiger partial charge in [-0.15, -0.1) is 0 Å². The lowest BCUT2D eigenvalue weighted by atomic mass is 10.2. The van der Waals surface area contributed by atoms with Gasteiger partial charge >= 0.3 is 5.97 Å². The number of ether oxygens (including phenoxy) is 1. The second kappa shape index (κ2) is 6.68. The third kappa shape index (κ3) is 3.58. The third-order valence-corrected chi connectivity index (χ3v) is 3.04. The molecule has 0 spiro atoms. The molecule has 0 aliphatic heterocycles. The molecule has 22 heavy (non-hydrogen) atoms. The largest absolute Gasteiger partial charge is 0.490 e. The zero-order chi connectivity index (χ0) is 16.1. The topological polar surface area (TPSA) is 96.1 Å². The van der Waals surface area contributed by atoms with Crippen LogP contribution in [0, 0.1) is 18.3 Å². The number of carboxylic acids is 1. The van der Waals surface area contributed by atoms with E-state index in [1.54, 1.807) is 31.2 Å². The molecule has 2 rings (SSSR count). The lowest BCUT2D eigenvalue weighted by Crippen LogP contribution is -2.10. The van der Waals surface area contributed by atoms with Crippen molar-refractivity contribution in [3.8, 4) is 23.2 Å².